The van der Waals surface area contributed by atoms with Gasteiger partial charge in [-0.25, -0.2) is 12.7 Å². The number of hydrogen-bond donors (Lipinski definition) is 2. The molecular formula is C12H17N5O3S. The highest BCUT2D eigenvalue weighted by molar-refractivity contribution is 7.89. The van der Waals surface area contributed by atoms with E-state index in [0.717, 1.165) is 4.31 Å². The van der Waals surface area contributed by atoms with Crippen molar-refractivity contribution in [3.8, 4) is 0 Å². The van der Waals surface area contributed by atoms with Crippen LogP contribution < -0.4 is 11.1 Å². The SMILES string of the molecule is CN(C)S(=O)(=O)c1cccc(NCCc2ncon2)c1N. The number of nitrogens with zero attached hydrogens (tertiary/aromatic N) is 3. The van der Waals surface area contributed by atoms with E-state index in [1.807, 2.05) is 0 Å². The van der Waals surface area contributed by atoms with Crippen LogP contribution in [0.3, 0.4) is 0 Å². The first-order valence-corrected chi connectivity index (χ1v) is 7.67. The Morgan fingerprint density at radius 1 is 1.38 bits per heavy atom. The van der Waals surface area contributed by atoms with Gasteiger partial charge in [-0.2, -0.15) is 4.98 Å². The summed E-state index contributed by atoms with van der Waals surface area (Å²) in [7, 11) is -0.643. The Hall–Kier alpha value is -2.13. The predicted molar refractivity (Wildman–Crippen MR) is 78.2 cm³/mol. The van der Waals surface area contributed by atoms with E-state index in [1.54, 1.807) is 12.1 Å². The second-order valence-electron chi connectivity index (χ2n) is 4.53. The van der Waals surface area contributed by atoms with Gasteiger partial charge >= 0.3 is 0 Å². The molecule has 3 N–H and O–H groups in total. The van der Waals surface area contributed by atoms with Crippen LogP contribution in [-0.4, -0.2) is 43.5 Å². The lowest BCUT2D eigenvalue weighted by Gasteiger charge is -2.16. The van der Waals surface area contributed by atoms with Crippen molar-refractivity contribution < 1.29 is 12.9 Å². The summed E-state index contributed by atoms with van der Waals surface area (Å²) in [6, 6.07) is 4.85. The highest BCUT2D eigenvalue weighted by Gasteiger charge is 2.21. The lowest BCUT2D eigenvalue weighted by atomic mass is 10.2. The minimum atomic E-state index is -3.57. The highest BCUT2D eigenvalue weighted by atomic mass is 32.2. The van der Waals surface area contributed by atoms with Crippen molar-refractivity contribution in [1.82, 2.24) is 14.4 Å². The molecule has 0 saturated carbocycles. The van der Waals surface area contributed by atoms with E-state index in [-0.39, 0.29) is 10.6 Å². The molecule has 0 amide bonds. The quantitative estimate of drug-likeness (QED) is 0.749. The number of aromatic nitrogens is 2. The molecule has 0 fully saturated rings. The Balaban J connectivity index is 2.14. The highest BCUT2D eigenvalue weighted by Crippen LogP contribution is 2.28. The fourth-order valence-corrected chi connectivity index (χ4v) is 2.76. The molecule has 0 bridgehead atoms. The smallest absolute Gasteiger partial charge is 0.244 e. The number of nitrogen functional groups attached to an aromatic ring is 1. The molecule has 2 aromatic rings. The van der Waals surface area contributed by atoms with Gasteiger partial charge in [-0.3, -0.25) is 0 Å². The molecule has 0 aliphatic rings. The Kier molecular flexibility index (Phi) is 4.43. The zero-order valence-electron chi connectivity index (χ0n) is 11.8. The average molecular weight is 311 g/mol. The van der Waals surface area contributed by atoms with E-state index in [1.165, 1.54) is 26.6 Å². The van der Waals surface area contributed by atoms with Crippen LogP contribution in [-0.2, 0) is 16.4 Å². The Bertz CT molecular complexity index is 698. The topological polar surface area (TPSA) is 114 Å². The van der Waals surface area contributed by atoms with Crippen molar-refractivity contribution in [2.45, 2.75) is 11.3 Å². The molecule has 0 saturated heterocycles. The molecule has 1 aromatic heterocycles. The van der Waals surface area contributed by atoms with Crippen LogP contribution in [0, 0.1) is 0 Å². The first-order chi connectivity index (χ1) is 9.93. The molecule has 8 nitrogen and oxygen atoms in total. The summed E-state index contributed by atoms with van der Waals surface area (Å²) < 4.78 is 30.1. The van der Waals surface area contributed by atoms with Gasteiger partial charge in [0.05, 0.1) is 11.4 Å². The van der Waals surface area contributed by atoms with Crippen molar-refractivity contribution in [3.05, 3.63) is 30.4 Å². The van der Waals surface area contributed by atoms with Crippen molar-refractivity contribution in [3.63, 3.8) is 0 Å². The molecular weight excluding hydrogens is 294 g/mol. The van der Waals surface area contributed by atoms with Crippen LogP contribution in [0.25, 0.3) is 0 Å². The third-order valence-corrected chi connectivity index (χ3v) is 4.77. The van der Waals surface area contributed by atoms with Gasteiger partial charge < -0.3 is 15.6 Å². The van der Waals surface area contributed by atoms with Crippen LogP contribution in [0.1, 0.15) is 5.82 Å². The molecule has 114 valence electrons. The summed E-state index contributed by atoms with van der Waals surface area (Å²) in [6.45, 7) is 0.509. The van der Waals surface area contributed by atoms with E-state index < -0.39 is 10.0 Å². The number of benzene rings is 1. The zero-order chi connectivity index (χ0) is 15.5. The molecule has 0 aliphatic heterocycles. The zero-order valence-corrected chi connectivity index (χ0v) is 12.6. The first-order valence-electron chi connectivity index (χ1n) is 6.23. The Labute approximate surface area is 123 Å². The molecule has 0 aliphatic carbocycles. The number of sulfonamides is 1. The van der Waals surface area contributed by atoms with E-state index >= 15 is 0 Å². The van der Waals surface area contributed by atoms with Crippen LogP contribution in [0.2, 0.25) is 0 Å². The summed E-state index contributed by atoms with van der Waals surface area (Å²) in [5.41, 5.74) is 6.70. The summed E-state index contributed by atoms with van der Waals surface area (Å²) in [5.74, 6) is 0.568. The normalized spacial score (nSPS) is 11.8. The number of anilines is 2. The van der Waals surface area contributed by atoms with Gasteiger partial charge in [0.15, 0.2) is 5.82 Å². The lowest BCUT2D eigenvalue weighted by molar-refractivity contribution is 0.410. The van der Waals surface area contributed by atoms with E-state index in [9.17, 15) is 8.42 Å². The fourth-order valence-electron chi connectivity index (χ4n) is 1.73. The standard InChI is InChI=1S/C12H17N5O3S/c1-17(2)21(18,19)10-5-3-4-9(12(10)13)14-7-6-11-15-8-20-16-11/h3-5,8,14H,6-7,13H2,1-2H3. The molecule has 9 heteroatoms. The molecule has 0 unspecified atom stereocenters. The summed E-state index contributed by atoms with van der Waals surface area (Å²) in [4.78, 5) is 3.98. The maximum atomic E-state index is 12.2. The maximum Gasteiger partial charge on any atom is 0.244 e. The van der Waals surface area contributed by atoms with E-state index in [2.05, 4.69) is 20.0 Å². The summed E-state index contributed by atoms with van der Waals surface area (Å²) in [6.07, 6.45) is 1.80. The van der Waals surface area contributed by atoms with Crippen molar-refractivity contribution in [1.29, 1.82) is 0 Å². The van der Waals surface area contributed by atoms with E-state index in [4.69, 9.17) is 5.73 Å². The summed E-state index contributed by atoms with van der Waals surface area (Å²) in [5, 5.41) is 6.76. The molecule has 0 atom stereocenters. The minimum absolute atomic E-state index is 0.0806. The number of para-hydroxylation sites is 1. The van der Waals surface area contributed by atoms with Crippen LogP contribution in [0.15, 0.2) is 34.0 Å². The molecule has 1 aromatic carbocycles. The maximum absolute atomic E-state index is 12.2. The van der Waals surface area contributed by atoms with Gasteiger partial charge in [0.2, 0.25) is 16.4 Å². The van der Waals surface area contributed by atoms with Crippen LogP contribution in [0.4, 0.5) is 11.4 Å². The van der Waals surface area contributed by atoms with Crippen molar-refractivity contribution in [2.75, 3.05) is 31.7 Å². The van der Waals surface area contributed by atoms with Gasteiger partial charge in [-0.15, -0.1) is 0 Å². The van der Waals surface area contributed by atoms with E-state index in [0.29, 0.717) is 24.5 Å². The Morgan fingerprint density at radius 2 is 2.14 bits per heavy atom. The lowest BCUT2D eigenvalue weighted by Crippen LogP contribution is -2.23. The molecule has 21 heavy (non-hydrogen) atoms. The number of rotatable bonds is 6. The molecule has 2 rings (SSSR count). The Morgan fingerprint density at radius 3 is 2.76 bits per heavy atom. The van der Waals surface area contributed by atoms with Gasteiger partial charge in [-0.05, 0) is 12.1 Å². The first kappa shape index (κ1) is 15.3. The van der Waals surface area contributed by atoms with Crippen LogP contribution >= 0.6 is 0 Å². The minimum Gasteiger partial charge on any atom is -0.396 e. The fraction of sp³-hybridized carbons (Fsp3) is 0.333. The molecule has 1 heterocycles. The predicted octanol–water partition coefficient (Wildman–Crippen LogP) is 0.557. The third kappa shape index (κ3) is 3.31. The second-order valence-corrected chi connectivity index (χ2v) is 6.65. The van der Waals surface area contributed by atoms with Crippen molar-refractivity contribution >= 4 is 21.4 Å². The number of nitrogens with two attached hydrogens (primary N) is 1. The number of hydrogen-bond acceptors (Lipinski definition) is 7. The van der Waals surface area contributed by atoms with Gasteiger partial charge in [-0.1, -0.05) is 11.2 Å². The van der Waals surface area contributed by atoms with Gasteiger partial charge in [0, 0.05) is 27.1 Å². The third-order valence-electron chi connectivity index (χ3n) is 2.90. The number of nitrogens with one attached hydrogen (secondary N) is 1. The second kappa shape index (κ2) is 6.10. The molecule has 0 spiro atoms. The largest absolute Gasteiger partial charge is 0.396 e. The van der Waals surface area contributed by atoms with Crippen LogP contribution in [0.5, 0.6) is 0 Å². The van der Waals surface area contributed by atoms with Gasteiger partial charge in [0.1, 0.15) is 4.90 Å². The van der Waals surface area contributed by atoms with Gasteiger partial charge in [0.25, 0.3) is 0 Å². The van der Waals surface area contributed by atoms with Crippen molar-refractivity contribution in [2.24, 2.45) is 0 Å². The summed E-state index contributed by atoms with van der Waals surface area (Å²) >= 11 is 0. The molecule has 0 radical (unpaired) electrons. The monoisotopic (exact) mass is 311 g/mol. The average Bonchev–Trinajstić information content (AvgIpc) is 2.93.